The Balaban J connectivity index is 1.08. The quantitative estimate of drug-likeness (QED) is 0.0651. The van der Waals surface area contributed by atoms with Crippen molar-refractivity contribution in [2.24, 2.45) is 0 Å². The molecule has 0 unspecified atom stereocenters. The Morgan fingerprint density at radius 1 is 0.714 bits per heavy atom. The molecule has 1 saturated heterocycles. The number of aliphatic hydroxyl groups excluding tert-OH is 1. The van der Waals surface area contributed by atoms with Gasteiger partial charge in [-0.2, -0.15) is 0 Å². The summed E-state index contributed by atoms with van der Waals surface area (Å²) in [7, 11) is 0. The van der Waals surface area contributed by atoms with E-state index in [0.717, 1.165) is 56.0 Å². The molecule has 7 rings (SSSR count). The van der Waals surface area contributed by atoms with Gasteiger partial charge in [0.25, 0.3) is 5.22 Å². The number of nitrogens with one attached hydrogen (secondary N) is 1. The van der Waals surface area contributed by atoms with Gasteiger partial charge < -0.3 is 29.4 Å². The molecule has 10 heteroatoms. The summed E-state index contributed by atoms with van der Waals surface area (Å²) in [5.74, 6) is 0.362. The van der Waals surface area contributed by atoms with Crippen LogP contribution in [-0.4, -0.2) is 38.9 Å². The van der Waals surface area contributed by atoms with Crippen LogP contribution in [0.2, 0.25) is 0 Å². The van der Waals surface area contributed by atoms with Crippen LogP contribution in [0.5, 0.6) is 0 Å². The van der Waals surface area contributed by atoms with Gasteiger partial charge >= 0.3 is 5.97 Å². The molecule has 286 valence electrons. The second-order valence-corrected chi connectivity index (χ2v) is 14.7. The minimum Gasteiger partial charge on any atom is -0.481 e. The van der Waals surface area contributed by atoms with Crippen LogP contribution in [0.4, 0.5) is 0 Å². The number of benzene rings is 5. The molecule has 0 saturated carbocycles. The number of aliphatic carboxylic acids is 1. The van der Waals surface area contributed by atoms with Crippen molar-refractivity contribution < 1.29 is 33.7 Å². The second-order valence-electron chi connectivity index (χ2n) is 13.8. The fraction of sp³-hybridized carbons (Fsp3) is 0.239. The summed E-state index contributed by atoms with van der Waals surface area (Å²) in [5, 5.41) is 22.0. The predicted octanol–water partition coefficient (Wildman–Crippen LogP) is 9.77. The first-order valence-corrected chi connectivity index (χ1v) is 19.8. The van der Waals surface area contributed by atoms with Gasteiger partial charge in [-0.15, -0.1) is 0 Å². The van der Waals surface area contributed by atoms with Gasteiger partial charge in [0.1, 0.15) is 5.69 Å². The first-order valence-electron chi connectivity index (χ1n) is 18.8. The Hall–Kier alpha value is -5.52. The predicted molar refractivity (Wildman–Crippen MR) is 216 cm³/mol. The third-order valence-electron chi connectivity index (χ3n) is 9.65. The number of ether oxygens (including phenoxy) is 2. The molecular formula is C46H44N2O7S. The van der Waals surface area contributed by atoms with E-state index in [1.165, 1.54) is 11.8 Å². The van der Waals surface area contributed by atoms with Gasteiger partial charge in [0.15, 0.2) is 12.1 Å². The zero-order valence-electron chi connectivity index (χ0n) is 30.9. The molecule has 1 aliphatic rings. The van der Waals surface area contributed by atoms with Crippen molar-refractivity contribution >= 4 is 23.6 Å². The molecule has 1 fully saturated rings. The number of carbonyl (C=O) groups is 2. The van der Waals surface area contributed by atoms with Crippen LogP contribution in [0.1, 0.15) is 66.8 Å². The van der Waals surface area contributed by atoms with Crippen molar-refractivity contribution in [3.05, 3.63) is 156 Å². The lowest BCUT2D eigenvalue weighted by Gasteiger charge is -2.36. The molecule has 0 aliphatic carbocycles. The molecule has 1 aromatic heterocycles. The van der Waals surface area contributed by atoms with Crippen molar-refractivity contribution in [2.75, 3.05) is 5.75 Å². The second kappa shape index (κ2) is 18.9. The van der Waals surface area contributed by atoms with E-state index in [0.29, 0.717) is 43.2 Å². The zero-order chi connectivity index (χ0) is 38.7. The highest BCUT2D eigenvalue weighted by Crippen LogP contribution is 2.41. The lowest BCUT2D eigenvalue weighted by molar-refractivity contribution is -0.245. The van der Waals surface area contributed by atoms with Gasteiger partial charge in [-0.1, -0.05) is 133 Å². The highest BCUT2D eigenvalue weighted by atomic mass is 32.2. The Morgan fingerprint density at radius 3 is 2.12 bits per heavy atom. The smallest absolute Gasteiger partial charge is 0.303 e. The van der Waals surface area contributed by atoms with Crippen molar-refractivity contribution in [3.63, 3.8) is 0 Å². The summed E-state index contributed by atoms with van der Waals surface area (Å²) in [6, 6.07) is 44.1. The number of rotatable bonds is 16. The van der Waals surface area contributed by atoms with E-state index in [9.17, 15) is 14.7 Å². The van der Waals surface area contributed by atoms with Crippen molar-refractivity contribution in [1.29, 1.82) is 0 Å². The van der Waals surface area contributed by atoms with E-state index < -0.39 is 12.3 Å². The molecule has 3 atom stereocenters. The highest BCUT2D eigenvalue weighted by molar-refractivity contribution is 7.99. The number of amides is 1. The molecule has 9 nitrogen and oxygen atoms in total. The van der Waals surface area contributed by atoms with Crippen LogP contribution in [0, 0.1) is 0 Å². The maximum atomic E-state index is 12.4. The SMILES string of the molecule is O=C(O)CCCCC(=O)NCc1cccc(-c2cccc([C@H]3O[C@@H](CSc4nc(-c5ccccc5)c(-c5ccccc5)o4)C[C@@H](c4ccc(CO)cc4)O3)c2)c1. The summed E-state index contributed by atoms with van der Waals surface area (Å²) in [6.45, 7) is 0.346. The molecule has 0 bridgehead atoms. The lowest BCUT2D eigenvalue weighted by atomic mass is 9.99. The number of hydrogen-bond donors (Lipinski definition) is 3. The molecule has 2 heterocycles. The Morgan fingerprint density at radius 2 is 1.39 bits per heavy atom. The minimum atomic E-state index is -0.849. The summed E-state index contributed by atoms with van der Waals surface area (Å²) in [4.78, 5) is 28.1. The van der Waals surface area contributed by atoms with E-state index in [1.54, 1.807) is 0 Å². The summed E-state index contributed by atoms with van der Waals surface area (Å²) < 4.78 is 19.8. The van der Waals surface area contributed by atoms with Gasteiger partial charge in [0, 0.05) is 48.3 Å². The summed E-state index contributed by atoms with van der Waals surface area (Å²) in [6.07, 6.45) is 0.892. The lowest BCUT2D eigenvalue weighted by Crippen LogP contribution is -2.31. The molecular weight excluding hydrogens is 725 g/mol. The van der Waals surface area contributed by atoms with Gasteiger partial charge in [0.2, 0.25) is 5.91 Å². The fourth-order valence-corrected chi connectivity index (χ4v) is 7.54. The third kappa shape index (κ3) is 10.2. The molecule has 6 aromatic rings. The molecule has 3 N–H and O–H groups in total. The Labute approximate surface area is 330 Å². The van der Waals surface area contributed by atoms with Crippen LogP contribution in [0.15, 0.2) is 143 Å². The zero-order valence-corrected chi connectivity index (χ0v) is 31.7. The maximum Gasteiger partial charge on any atom is 0.303 e. The van der Waals surface area contributed by atoms with Gasteiger partial charge in [0.05, 0.1) is 18.8 Å². The molecule has 1 amide bonds. The van der Waals surface area contributed by atoms with Crippen molar-refractivity contribution in [3.8, 4) is 33.7 Å². The first-order chi connectivity index (χ1) is 27.4. The van der Waals surface area contributed by atoms with E-state index in [2.05, 4.69) is 17.4 Å². The van der Waals surface area contributed by atoms with Crippen LogP contribution >= 0.6 is 11.8 Å². The van der Waals surface area contributed by atoms with Gasteiger partial charge in [-0.3, -0.25) is 9.59 Å². The minimum absolute atomic E-state index is 0.0299. The van der Waals surface area contributed by atoms with E-state index in [1.807, 2.05) is 121 Å². The molecule has 56 heavy (non-hydrogen) atoms. The average molecular weight is 769 g/mol. The number of carboxylic acid groups (broad SMARTS) is 1. The monoisotopic (exact) mass is 768 g/mol. The van der Waals surface area contributed by atoms with E-state index in [4.69, 9.17) is 24.0 Å². The largest absolute Gasteiger partial charge is 0.481 e. The van der Waals surface area contributed by atoms with Gasteiger partial charge in [-0.25, -0.2) is 4.98 Å². The first kappa shape index (κ1) is 38.7. The van der Waals surface area contributed by atoms with E-state index in [-0.39, 0.29) is 31.1 Å². The summed E-state index contributed by atoms with van der Waals surface area (Å²) in [5.41, 5.74) is 8.39. The topological polar surface area (TPSA) is 131 Å². The standard InChI is InChI=1S/C46H44N2O7S/c49-29-31-21-23-33(24-22-31)40-27-39(30-56-46-48-43(34-12-3-1-4-13-34)44(55-46)35-14-5-2-6-15-35)53-45(54-40)38-18-10-17-37(26-38)36-16-9-11-32(25-36)28-47-41(50)19-7-8-20-42(51)52/h1-6,9-18,21-26,39-40,45,49H,7-8,19-20,27-30H2,(H,47,50)(H,51,52)/t39-,40+,45+/m1/s1. The van der Waals surface area contributed by atoms with Crippen LogP contribution < -0.4 is 5.32 Å². The van der Waals surface area contributed by atoms with Crippen LogP contribution in [-0.2, 0) is 32.2 Å². The van der Waals surface area contributed by atoms with Gasteiger partial charge in [-0.05, 0) is 52.8 Å². The van der Waals surface area contributed by atoms with Crippen LogP contribution in [0.25, 0.3) is 33.7 Å². The number of hydrogen-bond acceptors (Lipinski definition) is 8. The average Bonchev–Trinajstić information content (AvgIpc) is 3.69. The normalized spacial score (nSPS) is 16.7. The molecule has 0 spiro atoms. The Bertz CT molecular complexity index is 2150. The van der Waals surface area contributed by atoms with Crippen molar-refractivity contribution in [2.45, 2.75) is 69.0 Å². The number of aromatic nitrogens is 1. The number of thioether (sulfide) groups is 1. The van der Waals surface area contributed by atoms with Crippen molar-refractivity contribution in [1.82, 2.24) is 10.3 Å². The number of unbranched alkanes of at least 4 members (excludes halogenated alkanes) is 1. The highest BCUT2D eigenvalue weighted by Gasteiger charge is 2.33. The Kier molecular flexibility index (Phi) is 13.1. The number of carboxylic acids is 1. The third-order valence-corrected chi connectivity index (χ3v) is 10.6. The number of oxazole rings is 1. The number of carbonyl (C=O) groups excluding carboxylic acids is 1. The maximum absolute atomic E-state index is 12.4. The number of nitrogens with zero attached hydrogens (tertiary/aromatic N) is 1. The summed E-state index contributed by atoms with van der Waals surface area (Å²) >= 11 is 1.52. The molecule has 0 radical (unpaired) electrons. The number of aliphatic hydroxyl groups is 1. The fourth-order valence-electron chi connectivity index (χ4n) is 6.70. The molecule has 1 aliphatic heterocycles. The van der Waals surface area contributed by atoms with E-state index >= 15 is 0 Å². The van der Waals surface area contributed by atoms with Crippen LogP contribution in [0.3, 0.4) is 0 Å². The molecule has 5 aromatic carbocycles.